The van der Waals surface area contributed by atoms with Crippen molar-refractivity contribution in [1.82, 2.24) is 14.8 Å². The zero-order chi connectivity index (χ0) is 16.8. The van der Waals surface area contributed by atoms with E-state index in [1.807, 2.05) is 19.9 Å². The fourth-order valence-electron chi connectivity index (χ4n) is 1.98. The smallest absolute Gasteiger partial charge is 0.367 e. The fourth-order valence-corrected chi connectivity index (χ4v) is 2.68. The minimum Gasteiger partial charge on any atom is -0.461 e. The molecule has 0 spiro atoms. The predicted molar refractivity (Wildman–Crippen MR) is 84.2 cm³/mol. The summed E-state index contributed by atoms with van der Waals surface area (Å²) in [4.78, 5) is 27.4. The molecule has 0 N–H and O–H groups in total. The van der Waals surface area contributed by atoms with Crippen LogP contribution >= 0.6 is 11.3 Å². The molecule has 2 heterocycles. The van der Waals surface area contributed by atoms with Crippen LogP contribution in [0.4, 0.5) is 0 Å². The molecule has 0 aromatic carbocycles. The summed E-state index contributed by atoms with van der Waals surface area (Å²) < 4.78 is 11.8. The van der Waals surface area contributed by atoms with Gasteiger partial charge in [0, 0.05) is 11.1 Å². The second-order valence-corrected chi connectivity index (χ2v) is 5.78. The van der Waals surface area contributed by atoms with Gasteiger partial charge in [-0.05, 0) is 26.8 Å². The van der Waals surface area contributed by atoms with Gasteiger partial charge in [0.25, 0.3) is 0 Å². The van der Waals surface area contributed by atoms with Crippen molar-refractivity contribution in [1.29, 1.82) is 0 Å². The lowest BCUT2D eigenvalue weighted by atomic mass is 10.4. The Morgan fingerprint density at radius 3 is 2.74 bits per heavy atom. The molecule has 0 fully saturated rings. The summed E-state index contributed by atoms with van der Waals surface area (Å²) in [6.07, 6.45) is 0.233. The van der Waals surface area contributed by atoms with Gasteiger partial charge in [0.1, 0.15) is 6.61 Å². The normalized spacial score (nSPS) is 10.6. The third-order valence-corrected chi connectivity index (χ3v) is 3.89. The number of thiazole rings is 1. The fraction of sp³-hybridized carbons (Fsp3) is 0.467. The number of hydrogen-bond donors (Lipinski definition) is 0. The van der Waals surface area contributed by atoms with Crippen molar-refractivity contribution < 1.29 is 19.1 Å². The first kappa shape index (κ1) is 17.1. The van der Waals surface area contributed by atoms with Gasteiger partial charge in [-0.3, -0.25) is 9.48 Å². The quantitative estimate of drug-likeness (QED) is 0.721. The Morgan fingerprint density at radius 2 is 2.09 bits per heavy atom. The number of carbonyl (C=O) groups is 2. The number of esters is 2. The van der Waals surface area contributed by atoms with E-state index in [9.17, 15) is 9.59 Å². The Balaban J connectivity index is 1.78. The lowest BCUT2D eigenvalue weighted by molar-refractivity contribution is -0.145. The zero-order valence-corrected chi connectivity index (χ0v) is 14.2. The van der Waals surface area contributed by atoms with Crippen molar-refractivity contribution in [2.24, 2.45) is 0 Å². The summed E-state index contributed by atoms with van der Waals surface area (Å²) in [7, 11) is 0. The molecule has 0 aliphatic rings. The van der Waals surface area contributed by atoms with Crippen molar-refractivity contribution in [3.63, 3.8) is 0 Å². The molecule has 2 aromatic heterocycles. The van der Waals surface area contributed by atoms with Gasteiger partial charge in [-0.25, -0.2) is 9.78 Å². The number of aryl methyl sites for hydroxylation is 3. The van der Waals surface area contributed by atoms with Gasteiger partial charge in [-0.1, -0.05) is 0 Å². The van der Waals surface area contributed by atoms with Gasteiger partial charge in [0.2, 0.25) is 5.01 Å². The van der Waals surface area contributed by atoms with Crippen LogP contribution in [0.1, 0.15) is 40.2 Å². The monoisotopic (exact) mass is 337 g/mol. The first-order valence-electron chi connectivity index (χ1n) is 7.27. The standard InChI is InChI=1S/C15H19N3O4S/c1-4-21-15(20)14-16-12(9-23-14)8-22-13(19)5-6-18-11(3)7-10(2)17-18/h7,9H,4-6,8H2,1-3H3. The Morgan fingerprint density at radius 1 is 1.30 bits per heavy atom. The first-order chi connectivity index (χ1) is 11.0. The average Bonchev–Trinajstić information content (AvgIpc) is 3.10. The second kappa shape index (κ2) is 7.87. The number of hydrogen-bond acceptors (Lipinski definition) is 7. The molecule has 0 amide bonds. The van der Waals surface area contributed by atoms with Crippen molar-refractivity contribution >= 4 is 23.3 Å². The summed E-state index contributed by atoms with van der Waals surface area (Å²) in [5, 5.41) is 6.23. The first-order valence-corrected chi connectivity index (χ1v) is 8.15. The SMILES string of the molecule is CCOC(=O)c1nc(COC(=O)CCn2nc(C)cc2C)cs1. The van der Waals surface area contributed by atoms with E-state index >= 15 is 0 Å². The minimum absolute atomic E-state index is 0.0475. The Bertz CT molecular complexity index is 693. The van der Waals surface area contributed by atoms with Crippen molar-refractivity contribution in [2.75, 3.05) is 6.61 Å². The predicted octanol–water partition coefficient (Wildman–Crippen LogP) is 2.27. The third kappa shape index (κ3) is 4.88. The van der Waals surface area contributed by atoms with E-state index in [0.29, 0.717) is 18.8 Å². The van der Waals surface area contributed by atoms with E-state index in [2.05, 4.69) is 10.1 Å². The Kier molecular flexibility index (Phi) is 5.86. The van der Waals surface area contributed by atoms with E-state index in [1.165, 1.54) is 11.3 Å². The molecule has 0 aliphatic carbocycles. The highest BCUT2D eigenvalue weighted by Crippen LogP contribution is 2.12. The van der Waals surface area contributed by atoms with Gasteiger partial charge in [-0.15, -0.1) is 11.3 Å². The molecule has 23 heavy (non-hydrogen) atoms. The highest BCUT2D eigenvalue weighted by Gasteiger charge is 2.13. The lowest BCUT2D eigenvalue weighted by Gasteiger charge is -2.05. The topological polar surface area (TPSA) is 83.3 Å². The van der Waals surface area contributed by atoms with Crippen molar-refractivity contribution in [3.8, 4) is 0 Å². The maximum absolute atomic E-state index is 11.8. The molecule has 8 heteroatoms. The maximum atomic E-state index is 11.8. The average molecular weight is 337 g/mol. The molecule has 0 bridgehead atoms. The molecular formula is C15H19N3O4S. The third-order valence-electron chi connectivity index (χ3n) is 3.01. The minimum atomic E-state index is -0.459. The molecular weight excluding hydrogens is 318 g/mol. The van der Waals surface area contributed by atoms with Crippen molar-refractivity contribution in [3.05, 3.63) is 33.5 Å². The van der Waals surface area contributed by atoms with Crippen LogP contribution in [0.5, 0.6) is 0 Å². The Labute approximate surface area is 138 Å². The highest BCUT2D eigenvalue weighted by atomic mass is 32.1. The number of carbonyl (C=O) groups excluding carboxylic acids is 2. The second-order valence-electron chi connectivity index (χ2n) is 4.93. The van der Waals surface area contributed by atoms with Crippen molar-refractivity contribution in [2.45, 2.75) is 40.3 Å². The lowest BCUT2D eigenvalue weighted by Crippen LogP contribution is -2.11. The van der Waals surface area contributed by atoms with Crippen LogP contribution in [0.2, 0.25) is 0 Å². The van der Waals surface area contributed by atoms with E-state index in [0.717, 1.165) is 11.4 Å². The molecule has 0 atom stereocenters. The number of rotatable bonds is 7. The molecule has 124 valence electrons. The molecule has 2 rings (SSSR count). The van der Waals surface area contributed by atoms with Crippen LogP contribution in [-0.4, -0.2) is 33.3 Å². The van der Waals surface area contributed by atoms with Gasteiger partial charge in [0.05, 0.1) is 31.0 Å². The van der Waals surface area contributed by atoms with Crippen LogP contribution in [0.15, 0.2) is 11.4 Å². The van der Waals surface area contributed by atoms with Gasteiger partial charge in [-0.2, -0.15) is 5.10 Å². The maximum Gasteiger partial charge on any atom is 0.367 e. The van der Waals surface area contributed by atoms with E-state index in [1.54, 1.807) is 17.0 Å². The van der Waals surface area contributed by atoms with Crippen LogP contribution in [-0.2, 0) is 27.4 Å². The molecule has 0 saturated carbocycles. The van der Waals surface area contributed by atoms with E-state index in [-0.39, 0.29) is 24.0 Å². The van der Waals surface area contributed by atoms with Crippen LogP contribution < -0.4 is 0 Å². The van der Waals surface area contributed by atoms with Crippen LogP contribution in [0, 0.1) is 13.8 Å². The summed E-state index contributed by atoms with van der Waals surface area (Å²) in [6.45, 7) is 6.41. The molecule has 0 aliphatic heterocycles. The molecule has 7 nitrogen and oxygen atoms in total. The number of ether oxygens (including phenoxy) is 2. The van der Waals surface area contributed by atoms with E-state index < -0.39 is 5.97 Å². The molecule has 0 saturated heterocycles. The molecule has 0 unspecified atom stereocenters. The van der Waals surface area contributed by atoms with Gasteiger partial charge in [0.15, 0.2) is 0 Å². The largest absolute Gasteiger partial charge is 0.461 e. The summed E-state index contributed by atoms with van der Waals surface area (Å²) in [6, 6.07) is 1.96. The summed E-state index contributed by atoms with van der Waals surface area (Å²) >= 11 is 1.17. The highest BCUT2D eigenvalue weighted by molar-refractivity contribution is 7.11. The molecule has 2 aromatic rings. The van der Waals surface area contributed by atoms with Gasteiger partial charge < -0.3 is 9.47 Å². The summed E-state index contributed by atoms with van der Waals surface area (Å²) in [5.41, 5.74) is 2.47. The van der Waals surface area contributed by atoms with Crippen LogP contribution in [0.3, 0.4) is 0 Å². The number of nitrogens with zero attached hydrogens (tertiary/aromatic N) is 3. The Hall–Kier alpha value is -2.22. The summed E-state index contributed by atoms with van der Waals surface area (Å²) in [5.74, 6) is -0.789. The van der Waals surface area contributed by atoms with E-state index in [4.69, 9.17) is 9.47 Å². The van der Waals surface area contributed by atoms with Crippen LogP contribution in [0.25, 0.3) is 0 Å². The number of aromatic nitrogens is 3. The molecule has 0 radical (unpaired) electrons. The zero-order valence-electron chi connectivity index (χ0n) is 13.4. The van der Waals surface area contributed by atoms with Gasteiger partial charge >= 0.3 is 11.9 Å².